The zero-order valence-corrected chi connectivity index (χ0v) is 34.6. The number of aromatic nitrogens is 5. The number of amides is 5. The molecule has 0 saturated carbocycles. The van der Waals surface area contributed by atoms with Crippen LogP contribution in [0.2, 0.25) is 0 Å². The third kappa shape index (κ3) is 8.56. The van der Waals surface area contributed by atoms with Gasteiger partial charge < -0.3 is 44.9 Å². The number of alkyl carbamates (subject to hydrolysis) is 1. The lowest BCUT2D eigenvalue weighted by atomic mass is 10.0. The molecule has 0 radical (unpaired) electrons. The van der Waals surface area contributed by atoms with Gasteiger partial charge in [-0.3, -0.25) is 9.59 Å². The first kappa shape index (κ1) is 40.8. The minimum Gasteiger partial charge on any atom is -0.453 e. The molecule has 3 aromatic heterocycles. The third-order valence-corrected chi connectivity index (χ3v) is 11.4. The number of rotatable bonds is 12. The number of H-pyrrole nitrogens is 2. The zero-order chi connectivity index (χ0) is 42.6. The second kappa shape index (κ2) is 17.7. The summed E-state index contributed by atoms with van der Waals surface area (Å²) in [6, 6.07) is 20.5. The Kier molecular flexibility index (Phi) is 11.8. The van der Waals surface area contributed by atoms with Gasteiger partial charge in [-0.05, 0) is 73.9 Å². The van der Waals surface area contributed by atoms with Gasteiger partial charge in [-0.25, -0.2) is 24.5 Å². The first-order valence-electron chi connectivity index (χ1n) is 20.8. The van der Waals surface area contributed by atoms with Crippen molar-refractivity contribution in [3.63, 3.8) is 0 Å². The van der Waals surface area contributed by atoms with Crippen molar-refractivity contribution >= 4 is 35.0 Å². The molecule has 8 rings (SSSR count). The summed E-state index contributed by atoms with van der Waals surface area (Å²) in [6.45, 7) is 7.19. The molecule has 16 nitrogen and oxygen atoms in total. The van der Waals surface area contributed by atoms with Crippen molar-refractivity contribution in [3.05, 3.63) is 102 Å². The first-order valence-corrected chi connectivity index (χ1v) is 20.8. The van der Waals surface area contributed by atoms with E-state index in [0.717, 1.165) is 53.8 Å². The Bertz CT molecular complexity index is 2510. The number of benzene rings is 3. The summed E-state index contributed by atoms with van der Waals surface area (Å²) in [6.07, 6.45) is 6.04. The quantitative estimate of drug-likeness (QED) is 0.0857. The van der Waals surface area contributed by atoms with Crippen molar-refractivity contribution in [3.8, 4) is 34.0 Å². The lowest BCUT2D eigenvalue weighted by Crippen LogP contribution is -2.51. The highest BCUT2D eigenvalue weighted by molar-refractivity contribution is 5.89. The smallest absolute Gasteiger partial charge is 0.407 e. The maximum absolute atomic E-state index is 14.0. The van der Waals surface area contributed by atoms with Gasteiger partial charge in [-0.1, -0.05) is 62.4 Å². The van der Waals surface area contributed by atoms with E-state index < -0.39 is 24.2 Å². The molecule has 5 N–H and O–H groups in total. The lowest BCUT2D eigenvalue weighted by molar-refractivity contribution is -0.135. The topological polar surface area (TPSA) is 203 Å². The zero-order valence-electron chi connectivity index (χ0n) is 34.6. The number of hydrogen-bond donors (Lipinski definition) is 5. The highest BCUT2D eigenvalue weighted by atomic mass is 16.5. The number of carbonyl (C=O) groups excluding carboxylic acids is 4. The Morgan fingerprint density at radius 2 is 1.41 bits per heavy atom. The summed E-state index contributed by atoms with van der Waals surface area (Å²) in [7, 11) is 1.28. The number of methoxy groups -OCH3 is 1. The second-order valence-electron chi connectivity index (χ2n) is 15.7. The van der Waals surface area contributed by atoms with E-state index in [4.69, 9.17) is 19.1 Å². The maximum Gasteiger partial charge on any atom is 0.407 e. The van der Waals surface area contributed by atoms with E-state index in [0.29, 0.717) is 53.8 Å². The van der Waals surface area contributed by atoms with Crippen molar-refractivity contribution in [2.24, 2.45) is 5.92 Å². The Labute approximate surface area is 352 Å². The number of urea groups is 1. The molecular formula is C45H50N10O6. The van der Waals surface area contributed by atoms with Crippen molar-refractivity contribution in [1.82, 2.24) is 50.7 Å². The van der Waals surface area contributed by atoms with Crippen LogP contribution in [0.25, 0.3) is 45.1 Å². The minimum absolute atomic E-state index is 0.125. The van der Waals surface area contributed by atoms with E-state index in [2.05, 4.69) is 30.9 Å². The Morgan fingerprint density at radius 3 is 2.03 bits per heavy atom. The predicted molar refractivity (Wildman–Crippen MR) is 228 cm³/mol. The number of ether oxygens (including phenoxy) is 1. The van der Waals surface area contributed by atoms with Gasteiger partial charge in [0.25, 0.3) is 0 Å². The maximum atomic E-state index is 14.0. The summed E-state index contributed by atoms with van der Waals surface area (Å²) >= 11 is 0. The summed E-state index contributed by atoms with van der Waals surface area (Å²) < 4.78 is 11.0. The Morgan fingerprint density at radius 1 is 0.803 bits per heavy atom. The monoisotopic (exact) mass is 826 g/mol. The molecule has 2 fully saturated rings. The average Bonchev–Trinajstić information content (AvgIpc) is 4.13. The van der Waals surface area contributed by atoms with E-state index >= 15 is 0 Å². The van der Waals surface area contributed by atoms with Gasteiger partial charge in [0.1, 0.15) is 29.2 Å². The lowest BCUT2D eigenvalue weighted by Gasteiger charge is -2.30. The first-order chi connectivity index (χ1) is 29.6. The fourth-order valence-corrected chi connectivity index (χ4v) is 8.26. The van der Waals surface area contributed by atoms with E-state index in [1.54, 1.807) is 17.3 Å². The number of nitrogens with one attached hydrogen (secondary N) is 5. The minimum atomic E-state index is -0.832. The number of hydrogen-bond acceptors (Lipinski definition) is 9. The van der Waals surface area contributed by atoms with Crippen molar-refractivity contribution in [2.75, 3.05) is 26.7 Å². The number of carbonyl (C=O) groups is 4. The molecule has 2 aliphatic rings. The summed E-state index contributed by atoms with van der Waals surface area (Å²) in [5.41, 5.74) is 6.20. The summed E-state index contributed by atoms with van der Waals surface area (Å²) in [4.78, 5) is 76.8. The molecule has 2 aliphatic heterocycles. The van der Waals surface area contributed by atoms with E-state index in [-0.39, 0.29) is 29.8 Å². The number of nitrogens with zero attached hydrogens (tertiary/aromatic N) is 5. The number of oxazole rings is 1. The second-order valence-corrected chi connectivity index (χ2v) is 15.7. The van der Waals surface area contributed by atoms with E-state index in [1.165, 1.54) is 7.11 Å². The highest BCUT2D eigenvalue weighted by Crippen LogP contribution is 2.36. The highest BCUT2D eigenvalue weighted by Gasteiger charge is 2.38. The number of imidazole rings is 2. The van der Waals surface area contributed by atoms with Crippen LogP contribution in [0, 0.1) is 5.92 Å². The molecule has 0 aliphatic carbocycles. The average molecular weight is 827 g/mol. The largest absolute Gasteiger partial charge is 0.453 e. The molecule has 5 amide bonds. The number of likely N-dealkylation sites (tertiary alicyclic amines) is 2. The molecule has 316 valence electrons. The molecule has 4 unspecified atom stereocenters. The molecule has 4 atom stereocenters. The van der Waals surface area contributed by atoms with E-state index in [9.17, 15) is 19.2 Å². The number of aromatic amines is 2. The van der Waals surface area contributed by atoms with Gasteiger partial charge in [0, 0.05) is 30.8 Å². The van der Waals surface area contributed by atoms with Crippen LogP contribution in [-0.2, 0) is 14.3 Å². The molecule has 61 heavy (non-hydrogen) atoms. The van der Waals surface area contributed by atoms with Crippen LogP contribution in [0.1, 0.15) is 81.8 Å². The van der Waals surface area contributed by atoms with E-state index in [1.807, 2.05) is 98.5 Å². The molecule has 0 spiro atoms. The van der Waals surface area contributed by atoms with Gasteiger partial charge in [0.2, 0.25) is 17.7 Å². The van der Waals surface area contributed by atoms with Crippen molar-refractivity contribution < 1.29 is 28.3 Å². The van der Waals surface area contributed by atoms with Crippen LogP contribution in [0.4, 0.5) is 9.59 Å². The predicted octanol–water partition coefficient (Wildman–Crippen LogP) is 7.04. The molecule has 0 bridgehead atoms. The normalized spacial score (nSPS) is 17.4. The standard InChI is InChI=1S/C45H50N10O6/c1-5-46-44(58)52-38(28-11-7-6-8-12-28)43(57)55-22-10-14-35(55)39-47-24-32(49-39)27-15-17-29(18-16-27)41-51-31-20-19-30(23-36(31)61-41)33-25-48-40(50-33)34-13-9-21-54(34)42(56)37(26(2)3)53-45(59)60-4/h6-8,11-12,15-20,23-26,34-35,37-38H,5,9-10,13-14,21-22H2,1-4H3,(H,47,49)(H,48,50)(H,53,59)(H2,46,52,58). The SMILES string of the molecule is CCNC(=O)NC(C(=O)N1CCCC1c1ncc(-c2ccc(-c3nc4ccc(-c5cnc(C6CCCN6C(=O)C(NC(=O)OC)C(C)C)[nH]5)cc4o3)cc2)[nH]1)c1ccccc1. The summed E-state index contributed by atoms with van der Waals surface area (Å²) in [5, 5.41) is 8.29. The van der Waals surface area contributed by atoms with Crippen molar-refractivity contribution in [2.45, 2.75) is 70.6 Å². The van der Waals surface area contributed by atoms with Gasteiger partial charge in [-0.15, -0.1) is 0 Å². The van der Waals surface area contributed by atoms with Gasteiger partial charge >= 0.3 is 12.1 Å². The molecule has 3 aromatic carbocycles. The molecular weight excluding hydrogens is 777 g/mol. The molecule has 16 heteroatoms. The van der Waals surface area contributed by atoms with Gasteiger partial charge in [-0.2, -0.15) is 0 Å². The van der Waals surface area contributed by atoms with Crippen LogP contribution in [-0.4, -0.2) is 91.4 Å². The summed E-state index contributed by atoms with van der Waals surface area (Å²) in [5.74, 6) is 1.38. The van der Waals surface area contributed by atoms with Crippen LogP contribution in [0.15, 0.2) is 89.6 Å². The fourth-order valence-electron chi connectivity index (χ4n) is 8.26. The van der Waals surface area contributed by atoms with Crippen molar-refractivity contribution in [1.29, 1.82) is 0 Å². The van der Waals surface area contributed by atoms with Crippen LogP contribution in [0.5, 0.6) is 0 Å². The van der Waals surface area contributed by atoms with Crippen LogP contribution < -0.4 is 16.0 Å². The fraction of sp³-hybridized carbons (Fsp3) is 0.356. The Hall–Kier alpha value is -6.97. The molecule has 2 saturated heterocycles. The van der Waals surface area contributed by atoms with Crippen LogP contribution in [0.3, 0.4) is 0 Å². The van der Waals surface area contributed by atoms with Crippen LogP contribution >= 0.6 is 0 Å². The Balaban J connectivity index is 0.949. The van der Waals surface area contributed by atoms with Gasteiger partial charge in [0.15, 0.2) is 5.58 Å². The third-order valence-electron chi connectivity index (χ3n) is 11.4. The molecule has 6 aromatic rings. The van der Waals surface area contributed by atoms with Gasteiger partial charge in [0.05, 0.1) is 43.0 Å². The molecule has 5 heterocycles. The number of fused-ring (bicyclic) bond motifs is 1.